The molecule has 9 aromatic rings. The Hall–Kier alpha value is -10.4. The lowest BCUT2D eigenvalue weighted by Gasteiger charge is -2.19. The molecular formula is C74H85N7O12. The van der Waals surface area contributed by atoms with Crippen LogP contribution in [0.4, 0.5) is 0 Å². The van der Waals surface area contributed by atoms with Crippen LogP contribution in [0.25, 0.3) is 0 Å². The largest absolute Gasteiger partial charge is 0.478 e. The second-order valence-corrected chi connectivity index (χ2v) is 20.9. The highest BCUT2D eigenvalue weighted by Crippen LogP contribution is 2.19. The number of Topliss-reactive ketones (excluding diaryl/α,β-unsaturated/α-hetero) is 2. The molecule has 0 radical (unpaired) electrons. The number of ketones is 2. The first kappa shape index (κ1) is 75.0. The molecule has 0 unspecified atom stereocenters. The summed E-state index contributed by atoms with van der Waals surface area (Å²) in [5.41, 5.74) is 15.2. The van der Waals surface area contributed by atoms with Crippen molar-refractivity contribution in [1.82, 2.24) is 29.4 Å². The van der Waals surface area contributed by atoms with Crippen LogP contribution in [0.15, 0.2) is 236 Å². The number of rotatable bonds is 23. The summed E-state index contributed by atoms with van der Waals surface area (Å²) in [6.07, 6.45) is 5.81. The average Bonchev–Trinajstić information content (AvgIpc) is 1.71. The van der Waals surface area contributed by atoms with Crippen LogP contribution < -0.4 is 5.73 Å². The van der Waals surface area contributed by atoms with Gasteiger partial charge < -0.3 is 39.4 Å². The highest BCUT2D eigenvalue weighted by atomic mass is 16.7. The van der Waals surface area contributed by atoms with E-state index in [2.05, 4.69) is 19.7 Å². The number of carboxylic acid groups (broad SMARTS) is 1. The van der Waals surface area contributed by atoms with E-state index in [9.17, 15) is 33.9 Å². The maximum absolute atomic E-state index is 12.1. The lowest BCUT2D eigenvalue weighted by Crippen LogP contribution is -2.30. The number of carbonyl (C=O) groups excluding carboxylic acids is 5. The molecule has 0 bridgehead atoms. The minimum Gasteiger partial charge on any atom is -0.478 e. The van der Waals surface area contributed by atoms with E-state index in [-0.39, 0.29) is 54.3 Å². The van der Waals surface area contributed by atoms with Crippen LogP contribution in [-0.4, -0.2) is 140 Å². The summed E-state index contributed by atoms with van der Waals surface area (Å²) in [5, 5.41) is 18.0. The molecule has 488 valence electrons. The van der Waals surface area contributed by atoms with Gasteiger partial charge in [0.15, 0.2) is 5.78 Å². The van der Waals surface area contributed by atoms with Gasteiger partial charge in [0.2, 0.25) is 6.41 Å². The normalized spacial score (nSPS) is 10.4. The van der Waals surface area contributed by atoms with Gasteiger partial charge in [-0.05, 0) is 53.0 Å². The number of aromatic carboxylic acids is 1. The topological polar surface area (TPSA) is 237 Å². The van der Waals surface area contributed by atoms with Crippen molar-refractivity contribution in [2.24, 2.45) is 5.73 Å². The fourth-order valence-electron chi connectivity index (χ4n) is 8.75. The van der Waals surface area contributed by atoms with Crippen molar-refractivity contribution in [3.63, 3.8) is 0 Å². The van der Waals surface area contributed by atoms with E-state index < -0.39 is 17.9 Å². The highest BCUT2D eigenvalue weighted by Gasteiger charge is 2.21. The van der Waals surface area contributed by atoms with Gasteiger partial charge in [0.05, 0.1) is 58.2 Å². The number of esters is 3. The molecule has 0 saturated heterocycles. The maximum Gasteiger partial charge on any atom is 0.342 e. The predicted octanol–water partition coefficient (Wildman–Crippen LogP) is 10.6. The summed E-state index contributed by atoms with van der Waals surface area (Å²) >= 11 is 0. The van der Waals surface area contributed by atoms with Crippen molar-refractivity contribution in [2.45, 2.75) is 58.2 Å². The Morgan fingerprint density at radius 1 is 0.484 bits per heavy atom. The maximum atomic E-state index is 12.1. The lowest BCUT2D eigenvalue weighted by molar-refractivity contribution is -0.179. The average molecular weight is 1260 g/mol. The molecule has 0 saturated carbocycles. The van der Waals surface area contributed by atoms with Gasteiger partial charge in [-0.1, -0.05) is 212 Å². The SMILES string of the molecule is COC(=O)/C(=C\N(C)C)C(=O)Cc1ccccc1.COC(=O)CC(=O)Cc1ccccc1.COC(=O)c1cnn(Cc2ccccc2)c1Cc1ccccc1.COC(OC)N(C)C.NCc1ccccc1.O=C(O)c1cnn(Cc2ccccc2)c1Cc1ccccc1. The second kappa shape index (κ2) is 42.5. The van der Waals surface area contributed by atoms with Crippen LogP contribution in [0.5, 0.6) is 0 Å². The van der Waals surface area contributed by atoms with Crippen molar-refractivity contribution in [1.29, 1.82) is 0 Å². The van der Waals surface area contributed by atoms with Gasteiger partial charge in [0.1, 0.15) is 28.9 Å². The van der Waals surface area contributed by atoms with Crippen LogP contribution in [0.1, 0.15) is 77.5 Å². The lowest BCUT2D eigenvalue weighted by atomic mass is 10.0. The second-order valence-electron chi connectivity index (χ2n) is 20.9. The van der Waals surface area contributed by atoms with Gasteiger partial charge >= 0.3 is 23.9 Å². The van der Waals surface area contributed by atoms with E-state index in [4.69, 9.17) is 19.9 Å². The van der Waals surface area contributed by atoms with Crippen LogP contribution in [-0.2, 0) is 88.2 Å². The van der Waals surface area contributed by atoms with Crippen molar-refractivity contribution in [3.05, 3.63) is 298 Å². The Balaban J connectivity index is 0.000000247. The number of nitrogens with zero attached hydrogens (tertiary/aromatic N) is 6. The summed E-state index contributed by atoms with van der Waals surface area (Å²) < 4.78 is 27.3. The summed E-state index contributed by atoms with van der Waals surface area (Å²) in [5.74, 6) is -2.75. The zero-order valence-electron chi connectivity index (χ0n) is 54.4. The van der Waals surface area contributed by atoms with Crippen LogP contribution in [0.3, 0.4) is 0 Å². The van der Waals surface area contributed by atoms with E-state index in [0.717, 1.165) is 44.8 Å². The Morgan fingerprint density at radius 3 is 1.17 bits per heavy atom. The predicted molar refractivity (Wildman–Crippen MR) is 359 cm³/mol. The molecule has 0 aliphatic carbocycles. The van der Waals surface area contributed by atoms with E-state index in [1.54, 1.807) is 44.1 Å². The highest BCUT2D eigenvalue weighted by molar-refractivity contribution is 6.17. The zero-order valence-corrected chi connectivity index (χ0v) is 54.4. The van der Waals surface area contributed by atoms with Crippen molar-refractivity contribution in [3.8, 4) is 0 Å². The third kappa shape index (κ3) is 28.1. The van der Waals surface area contributed by atoms with Gasteiger partial charge in [-0.15, -0.1) is 0 Å². The van der Waals surface area contributed by atoms with Gasteiger partial charge in [0, 0.05) is 66.7 Å². The molecule has 0 aliphatic heterocycles. The first-order chi connectivity index (χ1) is 44.9. The van der Waals surface area contributed by atoms with Crippen molar-refractivity contribution < 1.29 is 57.6 Å². The fourth-order valence-corrected chi connectivity index (χ4v) is 8.75. The Kier molecular flexibility index (Phi) is 34.3. The van der Waals surface area contributed by atoms with Crippen LogP contribution >= 0.6 is 0 Å². The molecule has 19 heteroatoms. The quantitative estimate of drug-likeness (QED) is 0.0151. The molecule has 93 heavy (non-hydrogen) atoms. The van der Waals surface area contributed by atoms with E-state index in [1.807, 2.05) is 236 Å². The standard InChI is InChI=1S/C19H18N2O2.C18H16N2O2.C14H17NO3.C11H12O3.C7H9N.C5H13NO2/c1-23-19(22)17-13-20-21(14-16-10-6-3-7-11-16)18(17)12-15-8-4-2-5-9-15;21-18(22)16-12-19-20(13-15-9-5-2-6-10-15)17(16)11-14-7-3-1-4-8-14;1-15(2)10-12(14(17)18-3)13(16)9-11-7-5-4-6-8-11;1-14-11(13)8-10(12)7-9-5-3-2-4-6-9;8-6-7-4-2-1-3-5-7;1-6(2)5(7-3)8-4/h2-11,13H,12,14H2,1H3;1-10,12H,11,13H2,(H,21,22);4-8,10H,9H2,1-3H3;2-6H,7-8H2,1H3;1-5H,6,8H2;5H,1-4H3/b;;12-10-;;;. The van der Waals surface area contributed by atoms with Crippen LogP contribution in [0, 0.1) is 0 Å². The summed E-state index contributed by atoms with van der Waals surface area (Å²) in [7, 11) is 14.4. The molecule has 0 spiro atoms. The number of benzene rings is 7. The molecule has 2 heterocycles. The van der Waals surface area contributed by atoms with Gasteiger partial charge in [-0.3, -0.25) is 28.6 Å². The minimum absolute atomic E-state index is 0.0614. The molecule has 0 amide bonds. The minimum atomic E-state index is -0.940. The smallest absolute Gasteiger partial charge is 0.342 e. The fraction of sp³-hybridized carbons (Fsp3) is 0.243. The van der Waals surface area contributed by atoms with Crippen molar-refractivity contribution >= 4 is 35.4 Å². The molecule has 19 nitrogen and oxygen atoms in total. The number of hydrogen-bond donors (Lipinski definition) is 2. The van der Waals surface area contributed by atoms with Gasteiger partial charge in [0.25, 0.3) is 0 Å². The molecule has 2 aromatic heterocycles. The van der Waals surface area contributed by atoms with Crippen LogP contribution in [0.2, 0.25) is 0 Å². The molecule has 9 rings (SSSR count). The number of ether oxygens (including phenoxy) is 5. The summed E-state index contributed by atoms with van der Waals surface area (Å²) in [6, 6.07) is 68.5. The monoisotopic (exact) mass is 1260 g/mol. The van der Waals surface area contributed by atoms with Gasteiger partial charge in [-0.2, -0.15) is 10.2 Å². The van der Waals surface area contributed by atoms with E-state index in [0.29, 0.717) is 38.0 Å². The summed E-state index contributed by atoms with van der Waals surface area (Å²) in [6.45, 7) is 1.83. The first-order valence-corrected chi connectivity index (χ1v) is 29.6. The zero-order chi connectivity index (χ0) is 67.8. The molecule has 3 N–H and O–H groups in total. The number of carbonyl (C=O) groups is 6. The molecule has 0 atom stereocenters. The Bertz CT molecular complexity index is 3640. The summed E-state index contributed by atoms with van der Waals surface area (Å²) in [4.78, 5) is 72.6. The number of aromatic nitrogens is 4. The third-order valence-corrected chi connectivity index (χ3v) is 13.3. The molecule has 0 fully saturated rings. The number of nitrogens with two attached hydrogens (primary N) is 1. The Labute approximate surface area is 545 Å². The first-order valence-electron chi connectivity index (χ1n) is 29.6. The van der Waals surface area contributed by atoms with E-state index >= 15 is 0 Å². The van der Waals surface area contributed by atoms with E-state index in [1.165, 1.54) is 39.3 Å². The molecule has 7 aromatic carbocycles. The third-order valence-electron chi connectivity index (χ3n) is 13.3. The molecule has 0 aliphatic rings. The number of methoxy groups -OCH3 is 5. The molecular weight excluding hydrogens is 1180 g/mol. The number of carboxylic acids is 1. The van der Waals surface area contributed by atoms with Gasteiger partial charge in [-0.25, -0.2) is 14.4 Å². The van der Waals surface area contributed by atoms with Crippen molar-refractivity contribution in [2.75, 3.05) is 63.7 Å². The Morgan fingerprint density at radius 2 is 0.849 bits per heavy atom. The number of hydrogen-bond acceptors (Lipinski definition) is 16.